The molecule has 0 aromatic heterocycles. The SMILES string of the molecule is CCCCCCN.c1ccc(Oc2ccccc2)cc1. The van der Waals surface area contributed by atoms with Crippen molar-refractivity contribution >= 4 is 0 Å². The Kier molecular flexibility index (Phi) is 8.99. The zero-order chi connectivity index (χ0) is 14.5. The molecule has 20 heavy (non-hydrogen) atoms. The van der Waals surface area contributed by atoms with Crippen LogP contribution in [0.5, 0.6) is 11.5 Å². The van der Waals surface area contributed by atoms with Crippen LogP contribution >= 0.6 is 0 Å². The summed E-state index contributed by atoms with van der Waals surface area (Å²) in [4.78, 5) is 0. The first kappa shape index (κ1) is 16.3. The molecule has 0 saturated carbocycles. The Hall–Kier alpha value is -1.80. The van der Waals surface area contributed by atoms with E-state index in [1.165, 1.54) is 25.7 Å². The molecular formula is C18H25NO. The molecule has 2 N–H and O–H groups in total. The van der Waals surface area contributed by atoms with Gasteiger partial charge in [0.25, 0.3) is 0 Å². The summed E-state index contributed by atoms with van der Waals surface area (Å²) in [6.07, 6.45) is 5.16. The largest absolute Gasteiger partial charge is 0.457 e. The van der Waals surface area contributed by atoms with Crippen LogP contribution in [0.1, 0.15) is 32.6 Å². The lowest BCUT2D eigenvalue weighted by atomic mass is 10.2. The fourth-order valence-electron chi connectivity index (χ4n) is 1.68. The second kappa shape index (κ2) is 11.1. The average Bonchev–Trinajstić information content (AvgIpc) is 2.51. The topological polar surface area (TPSA) is 35.2 Å². The van der Waals surface area contributed by atoms with Gasteiger partial charge in [-0.3, -0.25) is 0 Å². The quantitative estimate of drug-likeness (QED) is 0.750. The molecule has 0 saturated heterocycles. The van der Waals surface area contributed by atoms with Crippen LogP contribution in [0.2, 0.25) is 0 Å². The van der Waals surface area contributed by atoms with Crippen molar-refractivity contribution in [2.45, 2.75) is 32.6 Å². The van der Waals surface area contributed by atoms with Crippen LogP contribution in [0.3, 0.4) is 0 Å². The van der Waals surface area contributed by atoms with Crippen molar-refractivity contribution in [2.24, 2.45) is 5.73 Å². The van der Waals surface area contributed by atoms with Crippen molar-refractivity contribution in [3.8, 4) is 11.5 Å². The summed E-state index contributed by atoms with van der Waals surface area (Å²) in [5.41, 5.74) is 5.27. The van der Waals surface area contributed by atoms with Gasteiger partial charge in [-0.1, -0.05) is 62.6 Å². The zero-order valence-electron chi connectivity index (χ0n) is 12.3. The molecule has 0 heterocycles. The fourth-order valence-corrected chi connectivity index (χ4v) is 1.68. The molecule has 2 heteroatoms. The minimum absolute atomic E-state index is 0.861. The molecule has 108 valence electrons. The number of hydrogen-bond acceptors (Lipinski definition) is 2. The number of ether oxygens (including phenoxy) is 1. The Bertz CT molecular complexity index is 386. The van der Waals surface area contributed by atoms with Crippen molar-refractivity contribution in [3.05, 3.63) is 60.7 Å². The third-order valence-electron chi connectivity index (χ3n) is 2.78. The van der Waals surface area contributed by atoms with E-state index < -0.39 is 0 Å². The summed E-state index contributed by atoms with van der Waals surface area (Å²) in [5, 5.41) is 0. The molecule has 0 aliphatic carbocycles. The first-order valence-corrected chi connectivity index (χ1v) is 7.34. The number of hydrogen-bond donors (Lipinski definition) is 1. The predicted octanol–water partition coefficient (Wildman–Crippen LogP) is 5.00. The van der Waals surface area contributed by atoms with Gasteiger partial charge in [-0.25, -0.2) is 0 Å². The van der Waals surface area contributed by atoms with E-state index in [1.807, 2.05) is 60.7 Å². The molecule has 0 bridgehead atoms. The molecule has 0 aliphatic heterocycles. The zero-order valence-corrected chi connectivity index (χ0v) is 12.3. The number of rotatable bonds is 6. The number of nitrogens with two attached hydrogens (primary N) is 1. The van der Waals surface area contributed by atoms with Gasteiger partial charge in [-0.15, -0.1) is 0 Å². The van der Waals surface area contributed by atoms with Crippen LogP contribution in [-0.4, -0.2) is 6.54 Å². The Morgan fingerprint density at radius 3 is 1.65 bits per heavy atom. The van der Waals surface area contributed by atoms with Crippen molar-refractivity contribution < 1.29 is 4.74 Å². The van der Waals surface area contributed by atoms with E-state index in [9.17, 15) is 0 Å². The first-order valence-electron chi connectivity index (χ1n) is 7.34. The number of unbranched alkanes of at least 4 members (excludes halogenated alkanes) is 3. The summed E-state index contributed by atoms with van der Waals surface area (Å²) in [6, 6.07) is 19.5. The molecule has 0 atom stereocenters. The van der Waals surface area contributed by atoms with Gasteiger partial charge in [0, 0.05) is 0 Å². The normalized spacial score (nSPS) is 9.50. The maximum atomic E-state index is 5.58. The smallest absolute Gasteiger partial charge is 0.127 e. The molecule has 0 spiro atoms. The maximum Gasteiger partial charge on any atom is 0.127 e. The monoisotopic (exact) mass is 271 g/mol. The van der Waals surface area contributed by atoms with Gasteiger partial charge >= 0.3 is 0 Å². The Morgan fingerprint density at radius 2 is 1.25 bits per heavy atom. The highest BCUT2D eigenvalue weighted by Gasteiger charge is 1.92. The minimum atomic E-state index is 0.861. The molecule has 0 fully saturated rings. The average molecular weight is 271 g/mol. The summed E-state index contributed by atoms with van der Waals surface area (Å²) in [6.45, 7) is 3.07. The van der Waals surface area contributed by atoms with Crippen LogP contribution in [0, 0.1) is 0 Å². The van der Waals surface area contributed by atoms with Crippen LogP contribution < -0.4 is 10.5 Å². The summed E-state index contributed by atoms with van der Waals surface area (Å²) in [7, 11) is 0. The van der Waals surface area contributed by atoms with Crippen molar-refractivity contribution in [2.75, 3.05) is 6.54 Å². The van der Waals surface area contributed by atoms with E-state index in [1.54, 1.807) is 0 Å². The molecule has 0 unspecified atom stereocenters. The summed E-state index contributed by atoms with van der Waals surface area (Å²) < 4.78 is 5.58. The van der Waals surface area contributed by atoms with Gasteiger partial charge in [0.05, 0.1) is 0 Å². The van der Waals surface area contributed by atoms with Crippen molar-refractivity contribution in [3.63, 3.8) is 0 Å². The Labute approximate surface area is 122 Å². The second-order valence-corrected chi connectivity index (χ2v) is 4.58. The molecule has 2 aromatic carbocycles. The highest BCUT2D eigenvalue weighted by molar-refractivity contribution is 5.30. The van der Waals surface area contributed by atoms with E-state index >= 15 is 0 Å². The van der Waals surface area contributed by atoms with Gasteiger partial charge in [-0.05, 0) is 37.2 Å². The lowest BCUT2D eigenvalue weighted by molar-refractivity contribution is 0.482. The summed E-state index contributed by atoms with van der Waals surface area (Å²) in [5.74, 6) is 1.74. The van der Waals surface area contributed by atoms with Gasteiger partial charge < -0.3 is 10.5 Å². The molecular weight excluding hydrogens is 246 g/mol. The highest BCUT2D eigenvalue weighted by Crippen LogP contribution is 2.19. The number of benzene rings is 2. The molecule has 2 rings (SSSR count). The third kappa shape index (κ3) is 7.59. The van der Waals surface area contributed by atoms with Crippen LogP contribution in [0.25, 0.3) is 0 Å². The summed E-state index contributed by atoms with van der Waals surface area (Å²) >= 11 is 0. The molecule has 2 aromatic rings. The Morgan fingerprint density at radius 1 is 0.750 bits per heavy atom. The lowest BCUT2D eigenvalue weighted by Crippen LogP contribution is -1.97. The molecule has 0 amide bonds. The molecule has 0 radical (unpaired) electrons. The van der Waals surface area contributed by atoms with E-state index in [0.717, 1.165) is 18.0 Å². The van der Waals surface area contributed by atoms with Crippen molar-refractivity contribution in [1.29, 1.82) is 0 Å². The van der Waals surface area contributed by atoms with Crippen LogP contribution in [0.4, 0.5) is 0 Å². The standard InChI is InChI=1S/C12H10O.C6H15N/c1-3-7-11(8-4-1)13-12-9-5-2-6-10-12;1-2-3-4-5-6-7/h1-10H;2-7H2,1H3. The predicted molar refractivity (Wildman–Crippen MR) is 86.2 cm³/mol. The lowest BCUT2D eigenvalue weighted by Gasteiger charge is -2.03. The van der Waals surface area contributed by atoms with Gasteiger partial charge in [0.1, 0.15) is 11.5 Å². The van der Waals surface area contributed by atoms with E-state index in [4.69, 9.17) is 10.5 Å². The van der Waals surface area contributed by atoms with Crippen LogP contribution in [-0.2, 0) is 0 Å². The van der Waals surface area contributed by atoms with E-state index in [0.29, 0.717) is 0 Å². The third-order valence-corrected chi connectivity index (χ3v) is 2.78. The van der Waals surface area contributed by atoms with E-state index in [-0.39, 0.29) is 0 Å². The van der Waals surface area contributed by atoms with Gasteiger partial charge in [0.15, 0.2) is 0 Å². The first-order chi connectivity index (χ1) is 9.86. The Balaban J connectivity index is 0.000000246. The highest BCUT2D eigenvalue weighted by atomic mass is 16.5. The molecule has 2 nitrogen and oxygen atoms in total. The number of para-hydroxylation sites is 2. The second-order valence-electron chi connectivity index (χ2n) is 4.58. The van der Waals surface area contributed by atoms with E-state index in [2.05, 4.69) is 6.92 Å². The maximum absolute atomic E-state index is 5.58. The minimum Gasteiger partial charge on any atom is -0.457 e. The van der Waals surface area contributed by atoms with Gasteiger partial charge in [0.2, 0.25) is 0 Å². The van der Waals surface area contributed by atoms with Crippen LogP contribution in [0.15, 0.2) is 60.7 Å². The van der Waals surface area contributed by atoms with Gasteiger partial charge in [-0.2, -0.15) is 0 Å². The fraction of sp³-hybridized carbons (Fsp3) is 0.333. The van der Waals surface area contributed by atoms with Crippen molar-refractivity contribution in [1.82, 2.24) is 0 Å². The molecule has 0 aliphatic rings.